The van der Waals surface area contributed by atoms with Crippen molar-refractivity contribution in [1.82, 2.24) is 0 Å². The minimum Gasteiger partial charge on any atom is -0.497 e. The molecule has 4 heteroatoms. The molecule has 2 aromatic rings. The Hall–Kier alpha value is -1.55. The number of hydrogen-bond donors (Lipinski definition) is 1. The third kappa shape index (κ3) is 3.97. The molecule has 0 aromatic heterocycles. The van der Waals surface area contributed by atoms with E-state index in [4.69, 9.17) is 4.74 Å². The van der Waals surface area contributed by atoms with Gasteiger partial charge in [-0.15, -0.1) is 0 Å². The van der Waals surface area contributed by atoms with Crippen LogP contribution in [0.3, 0.4) is 0 Å². The fraction of sp³-hybridized carbons (Fsp3) is 0.250. The van der Waals surface area contributed by atoms with Gasteiger partial charge in [0.05, 0.1) is 7.11 Å². The van der Waals surface area contributed by atoms with Gasteiger partial charge in [0.25, 0.3) is 0 Å². The molecule has 2 rings (SSSR count). The Labute approximate surface area is 127 Å². The summed E-state index contributed by atoms with van der Waals surface area (Å²) in [7, 11) is 1.66. The molecular weight excluding hydrogens is 321 g/mol. The van der Waals surface area contributed by atoms with Gasteiger partial charge in [-0.1, -0.05) is 12.1 Å². The molecule has 2 nitrogen and oxygen atoms in total. The Kier molecular flexibility index (Phi) is 5.01. The van der Waals surface area contributed by atoms with Gasteiger partial charge >= 0.3 is 0 Å². The van der Waals surface area contributed by atoms with Gasteiger partial charge in [0.15, 0.2) is 0 Å². The first-order chi connectivity index (χ1) is 9.58. The highest BCUT2D eigenvalue weighted by Gasteiger charge is 2.07. The number of nitrogens with one attached hydrogen (secondary N) is 1. The maximum absolute atomic E-state index is 13.0. The van der Waals surface area contributed by atoms with E-state index < -0.39 is 0 Å². The van der Waals surface area contributed by atoms with E-state index in [1.807, 2.05) is 12.1 Å². The zero-order valence-electron chi connectivity index (χ0n) is 11.5. The molecule has 20 heavy (non-hydrogen) atoms. The molecule has 0 aliphatic heterocycles. The minimum absolute atomic E-state index is 0.241. The SMILES string of the molecule is COc1ccc(CC(C)Nc2ccc(F)cc2Br)cc1. The van der Waals surface area contributed by atoms with Crippen LogP contribution in [0.4, 0.5) is 10.1 Å². The van der Waals surface area contributed by atoms with Crippen molar-refractivity contribution in [3.63, 3.8) is 0 Å². The Bertz CT molecular complexity index is 571. The van der Waals surface area contributed by atoms with Crippen molar-refractivity contribution in [2.24, 2.45) is 0 Å². The molecule has 1 unspecified atom stereocenters. The monoisotopic (exact) mass is 337 g/mol. The van der Waals surface area contributed by atoms with Crippen LogP contribution >= 0.6 is 15.9 Å². The van der Waals surface area contributed by atoms with Gasteiger partial charge < -0.3 is 10.1 Å². The second-order valence-corrected chi connectivity index (χ2v) is 5.58. The molecule has 0 aliphatic carbocycles. The molecule has 0 saturated heterocycles. The summed E-state index contributed by atoms with van der Waals surface area (Å²) in [6.45, 7) is 2.10. The predicted molar refractivity (Wildman–Crippen MR) is 83.9 cm³/mol. The molecular formula is C16H17BrFNO. The predicted octanol–water partition coefficient (Wildman–Crippen LogP) is 4.64. The van der Waals surface area contributed by atoms with Gasteiger partial charge in [-0.3, -0.25) is 0 Å². The van der Waals surface area contributed by atoms with Gasteiger partial charge in [0.2, 0.25) is 0 Å². The van der Waals surface area contributed by atoms with E-state index in [-0.39, 0.29) is 11.9 Å². The summed E-state index contributed by atoms with van der Waals surface area (Å²) in [5.74, 6) is 0.612. The van der Waals surface area contributed by atoms with E-state index in [9.17, 15) is 4.39 Å². The maximum Gasteiger partial charge on any atom is 0.124 e. The van der Waals surface area contributed by atoms with Gasteiger partial charge in [0, 0.05) is 16.2 Å². The molecule has 0 radical (unpaired) electrons. The number of methoxy groups -OCH3 is 1. The number of halogens is 2. The molecule has 0 amide bonds. The third-order valence-corrected chi connectivity index (χ3v) is 3.69. The van der Waals surface area contributed by atoms with Crippen molar-refractivity contribution in [1.29, 1.82) is 0 Å². The first kappa shape index (κ1) is 14.9. The average Bonchev–Trinajstić information content (AvgIpc) is 2.43. The van der Waals surface area contributed by atoms with E-state index in [1.54, 1.807) is 13.2 Å². The molecule has 0 spiro atoms. The third-order valence-electron chi connectivity index (χ3n) is 3.03. The van der Waals surface area contributed by atoms with Crippen LogP contribution in [0.15, 0.2) is 46.9 Å². The normalized spacial score (nSPS) is 12.0. The van der Waals surface area contributed by atoms with Gasteiger partial charge in [0.1, 0.15) is 11.6 Å². The van der Waals surface area contributed by atoms with Crippen LogP contribution in [0.5, 0.6) is 5.75 Å². The minimum atomic E-state index is -0.245. The molecule has 1 atom stereocenters. The molecule has 1 N–H and O–H groups in total. The van der Waals surface area contributed by atoms with E-state index in [0.29, 0.717) is 0 Å². The number of anilines is 1. The summed E-state index contributed by atoms with van der Waals surface area (Å²) >= 11 is 3.36. The highest BCUT2D eigenvalue weighted by Crippen LogP contribution is 2.24. The lowest BCUT2D eigenvalue weighted by Crippen LogP contribution is -2.18. The van der Waals surface area contributed by atoms with Crippen molar-refractivity contribution in [3.8, 4) is 5.75 Å². The second-order valence-electron chi connectivity index (χ2n) is 4.72. The van der Waals surface area contributed by atoms with Crippen LogP contribution in [0, 0.1) is 5.82 Å². The van der Waals surface area contributed by atoms with Crippen LogP contribution in [0.1, 0.15) is 12.5 Å². The number of benzene rings is 2. The highest BCUT2D eigenvalue weighted by molar-refractivity contribution is 9.10. The highest BCUT2D eigenvalue weighted by atomic mass is 79.9. The average molecular weight is 338 g/mol. The summed E-state index contributed by atoms with van der Waals surface area (Å²) < 4.78 is 18.9. The number of rotatable bonds is 5. The van der Waals surface area contributed by atoms with Crippen LogP contribution in [0.2, 0.25) is 0 Å². The standard InChI is InChI=1S/C16H17BrFNO/c1-11(9-12-3-6-14(20-2)7-4-12)19-16-8-5-13(18)10-15(16)17/h3-8,10-11,19H,9H2,1-2H3. The molecule has 0 saturated carbocycles. The first-order valence-electron chi connectivity index (χ1n) is 6.43. The molecule has 0 fully saturated rings. The summed E-state index contributed by atoms with van der Waals surface area (Å²) in [5, 5.41) is 3.37. The van der Waals surface area contributed by atoms with Gasteiger partial charge in [-0.05, 0) is 65.2 Å². The lowest BCUT2D eigenvalue weighted by atomic mass is 10.1. The van der Waals surface area contributed by atoms with Crippen LogP contribution < -0.4 is 10.1 Å². The van der Waals surface area contributed by atoms with Gasteiger partial charge in [-0.2, -0.15) is 0 Å². The number of hydrogen-bond acceptors (Lipinski definition) is 2. The Morgan fingerprint density at radius 3 is 2.50 bits per heavy atom. The molecule has 0 aliphatic rings. The summed E-state index contributed by atoms with van der Waals surface area (Å²) in [4.78, 5) is 0. The quantitative estimate of drug-likeness (QED) is 0.858. The summed E-state index contributed by atoms with van der Waals surface area (Å²) in [6.07, 6.45) is 0.883. The maximum atomic E-state index is 13.0. The van der Waals surface area contributed by atoms with E-state index in [2.05, 4.69) is 40.3 Å². The Morgan fingerprint density at radius 1 is 1.20 bits per heavy atom. The fourth-order valence-electron chi connectivity index (χ4n) is 2.04. The van der Waals surface area contributed by atoms with Crippen molar-refractivity contribution >= 4 is 21.6 Å². The molecule has 2 aromatic carbocycles. The van der Waals surface area contributed by atoms with E-state index >= 15 is 0 Å². The van der Waals surface area contributed by atoms with E-state index in [0.717, 1.165) is 22.3 Å². The molecule has 0 bridgehead atoms. The summed E-state index contributed by atoms with van der Waals surface area (Å²) in [5.41, 5.74) is 2.12. The largest absolute Gasteiger partial charge is 0.497 e. The lowest BCUT2D eigenvalue weighted by Gasteiger charge is -2.16. The van der Waals surface area contributed by atoms with Crippen LogP contribution in [0.25, 0.3) is 0 Å². The first-order valence-corrected chi connectivity index (χ1v) is 7.22. The van der Waals surface area contributed by atoms with Crippen molar-refractivity contribution in [3.05, 3.63) is 58.3 Å². The smallest absolute Gasteiger partial charge is 0.124 e. The van der Waals surface area contributed by atoms with Crippen LogP contribution in [-0.4, -0.2) is 13.2 Å². The summed E-state index contributed by atoms with van der Waals surface area (Å²) in [6, 6.07) is 12.9. The van der Waals surface area contributed by atoms with Crippen molar-refractivity contribution in [2.45, 2.75) is 19.4 Å². The second kappa shape index (κ2) is 6.75. The Morgan fingerprint density at radius 2 is 1.90 bits per heavy atom. The topological polar surface area (TPSA) is 21.3 Å². The van der Waals surface area contributed by atoms with Crippen molar-refractivity contribution in [2.75, 3.05) is 12.4 Å². The fourth-order valence-corrected chi connectivity index (χ4v) is 2.50. The Balaban J connectivity index is 1.99. The van der Waals surface area contributed by atoms with E-state index in [1.165, 1.54) is 17.7 Å². The molecule has 0 heterocycles. The zero-order chi connectivity index (χ0) is 14.5. The van der Waals surface area contributed by atoms with Gasteiger partial charge in [-0.25, -0.2) is 4.39 Å². The van der Waals surface area contributed by atoms with Crippen LogP contribution in [-0.2, 0) is 6.42 Å². The zero-order valence-corrected chi connectivity index (χ0v) is 13.1. The number of ether oxygens (including phenoxy) is 1. The molecule has 106 valence electrons. The van der Waals surface area contributed by atoms with Crippen molar-refractivity contribution < 1.29 is 9.13 Å². The lowest BCUT2D eigenvalue weighted by molar-refractivity contribution is 0.414.